The van der Waals surface area contributed by atoms with Crippen LogP contribution < -0.4 is 20.7 Å². The molecule has 212 valence electrons. The van der Waals surface area contributed by atoms with Gasteiger partial charge in [0.25, 0.3) is 11.8 Å². The molecule has 1 aliphatic carbocycles. The standard InChI is InChI=1S/C25H29N7O8/c1-38-21-15(24-29-20(31-40-24)13-32-7-9-39-10-8-32)3-2-4-17(21)27-18-11-19(28-22(33)14-5-6-14)26-12-16(18)23(34)30-25(35,36)37/h2-4,11-12,14,35-37H,5-10,13H2,1H3,(H,30,34)(H2,26,27,28,33). The number of anilines is 3. The summed E-state index contributed by atoms with van der Waals surface area (Å²) in [5.74, 6) is -0.127. The molecule has 2 fully saturated rings. The molecule has 1 aromatic carbocycles. The average Bonchev–Trinajstić information content (AvgIpc) is 3.67. The molecule has 0 spiro atoms. The summed E-state index contributed by atoms with van der Waals surface area (Å²) in [5, 5.41) is 39.2. The number of benzene rings is 1. The van der Waals surface area contributed by atoms with Crippen LogP contribution in [-0.2, 0) is 16.1 Å². The zero-order valence-corrected chi connectivity index (χ0v) is 21.6. The van der Waals surface area contributed by atoms with Gasteiger partial charge >= 0.3 is 6.10 Å². The lowest BCUT2D eigenvalue weighted by atomic mass is 10.1. The molecular weight excluding hydrogens is 526 g/mol. The summed E-state index contributed by atoms with van der Waals surface area (Å²) in [5.41, 5.74) is 0.826. The van der Waals surface area contributed by atoms with Gasteiger partial charge in [0, 0.05) is 31.3 Å². The van der Waals surface area contributed by atoms with Crippen molar-refractivity contribution in [2.24, 2.45) is 5.92 Å². The van der Waals surface area contributed by atoms with E-state index in [1.165, 1.54) is 13.2 Å². The molecule has 0 radical (unpaired) electrons. The predicted octanol–water partition coefficient (Wildman–Crippen LogP) is 0.382. The number of nitrogens with zero attached hydrogens (tertiary/aromatic N) is 4. The third kappa shape index (κ3) is 6.70. The van der Waals surface area contributed by atoms with Crippen molar-refractivity contribution in [3.8, 4) is 17.2 Å². The molecule has 6 N–H and O–H groups in total. The largest absolute Gasteiger partial charge is 0.494 e. The number of carbonyl (C=O) groups excluding carboxylic acids is 2. The Morgan fingerprint density at radius 2 is 1.95 bits per heavy atom. The summed E-state index contributed by atoms with van der Waals surface area (Å²) >= 11 is 0. The molecule has 5 rings (SSSR count). The molecule has 0 unspecified atom stereocenters. The van der Waals surface area contributed by atoms with Crippen LogP contribution in [0.3, 0.4) is 0 Å². The van der Waals surface area contributed by atoms with Gasteiger partial charge < -0.3 is 39.9 Å². The van der Waals surface area contributed by atoms with Crippen molar-refractivity contribution in [3.05, 3.63) is 41.9 Å². The molecule has 2 amide bonds. The van der Waals surface area contributed by atoms with Gasteiger partial charge in [0.15, 0.2) is 11.6 Å². The third-order valence-corrected chi connectivity index (χ3v) is 6.28. The molecule has 1 saturated heterocycles. The Hall–Kier alpha value is -4.15. The van der Waals surface area contributed by atoms with Gasteiger partial charge in [-0.1, -0.05) is 11.2 Å². The molecule has 15 heteroatoms. The van der Waals surface area contributed by atoms with Gasteiger partial charge in [0.05, 0.1) is 49.4 Å². The summed E-state index contributed by atoms with van der Waals surface area (Å²) in [6, 6.07) is 6.52. The highest BCUT2D eigenvalue weighted by atomic mass is 16.7. The Bertz CT molecular complexity index is 1380. The van der Waals surface area contributed by atoms with Crippen LogP contribution in [0.4, 0.5) is 17.2 Å². The summed E-state index contributed by atoms with van der Waals surface area (Å²) in [4.78, 5) is 35.7. The number of nitrogens with one attached hydrogen (secondary N) is 3. The van der Waals surface area contributed by atoms with E-state index in [0.29, 0.717) is 42.6 Å². The smallest absolute Gasteiger partial charge is 0.369 e. The van der Waals surface area contributed by atoms with Gasteiger partial charge in [-0.05, 0) is 25.0 Å². The second kappa shape index (κ2) is 11.5. The van der Waals surface area contributed by atoms with Gasteiger partial charge in [-0.3, -0.25) is 19.8 Å². The van der Waals surface area contributed by atoms with Crippen LogP contribution in [0.1, 0.15) is 29.0 Å². The predicted molar refractivity (Wildman–Crippen MR) is 138 cm³/mol. The van der Waals surface area contributed by atoms with Crippen molar-refractivity contribution < 1.29 is 38.9 Å². The van der Waals surface area contributed by atoms with Crippen molar-refractivity contribution in [3.63, 3.8) is 0 Å². The minimum absolute atomic E-state index is 0.0840. The number of hydrogen-bond acceptors (Lipinski definition) is 13. The zero-order chi connectivity index (χ0) is 28.3. The fourth-order valence-corrected chi connectivity index (χ4v) is 4.16. The number of pyridine rings is 1. The quantitative estimate of drug-likeness (QED) is 0.188. The molecule has 1 saturated carbocycles. The minimum Gasteiger partial charge on any atom is -0.494 e. The van der Waals surface area contributed by atoms with Crippen LogP contribution in [-0.4, -0.2) is 86.7 Å². The molecule has 15 nitrogen and oxygen atoms in total. The second-order valence-corrected chi connectivity index (χ2v) is 9.38. The SMILES string of the molecule is COc1c(Nc2cc(NC(=O)C3CC3)ncc2C(=O)NC(O)(O)O)cccc1-c1nc(CN2CCOCC2)no1. The van der Waals surface area contributed by atoms with E-state index in [0.717, 1.165) is 32.1 Å². The number of carbonyl (C=O) groups is 2. The highest BCUT2D eigenvalue weighted by Gasteiger charge is 2.30. The molecule has 0 atom stereocenters. The van der Waals surface area contributed by atoms with Gasteiger partial charge in [-0.25, -0.2) is 4.98 Å². The Morgan fingerprint density at radius 3 is 2.65 bits per heavy atom. The lowest BCUT2D eigenvalue weighted by Gasteiger charge is -2.24. The first-order valence-corrected chi connectivity index (χ1v) is 12.6. The summed E-state index contributed by atoms with van der Waals surface area (Å²) in [6.07, 6.45) is -0.756. The maximum atomic E-state index is 12.7. The molecule has 3 heterocycles. The van der Waals surface area contributed by atoms with Crippen molar-refractivity contribution in [1.82, 2.24) is 25.3 Å². The van der Waals surface area contributed by atoms with Crippen LogP contribution >= 0.6 is 0 Å². The van der Waals surface area contributed by atoms with Crippen molar-refractivity contribution >= 4 is 29.0 Å². The first-order valence-electron chi connectivity index (χ1n) is 12.6. The number of morpholine rings is 1. The first-order chi connectivity index (χ1) is 19.2. The van der Waals surface area contributed by atoms with Crippen molar-refractivity contribution in [1.29, 1.82) is 0 Å². The maximum absolute atomic E-state index is 12.7. The fourth-order valence-electron chi connectivity index (χ4n) is 4.16. The van der Waals surface area contributed by atoms with Gasteiger partial charge in [0.1, 0.15) is 5.82 Å². The van der Waals surface area contributed by atoms with Crippen LogP contribution in [0.15, 0.2) is 35.0 Å². The number of ether oxygens (including phenoxy) is 2. The summed E-state index contributed by atoms with van der Waals surface area (Å²) < 4.78 is 16.5. The first kappa shape index (κ1) is 27.4. The van der Waals surface area contributed by atoms with E-state index >= 15 is 0 Å². The minimum atomic E-state index is -3.46. The van der Waals surface area contributed by atoms with E-state index in [2.05, 4.69) is 30.7 Å². The van der Waals surface area contributed by atoms with Crippen LogP contribution in [0.5, 0.6) is 5.75 Å². The van der Waals surface area contributed by atoms with E-state index in [9.17, 15) is 24.9 Å². The van der Waals surface area contributed by atoms with E-state index in [1.54, 1.807) is 23.5 Å². The maximum Gasteiger partial charge on any atom is 0.369 e. The number of rotatable bonds is 10. The molecule has 1 aliphatic heterocycles. The lowest BCUT2D eigenvalue weighted by molar-refractivity contribution is -0.323. The molecule has 40 heavy (non-hydrogen) atoms. The van der Waals surface area contributed by atoms with E-state index < -0.39 is 12.0 Å². The Morgan fingerprint density at radius 1 is 1.18 bits per heavy atom. The Kier molecular flexibility index (Phi) is 7.90. The van der Waals surface area contributed by atoms with E-state index in [4.69, 9.17) is 14.0 Å². The second-order valence-electron chi connectivity index (χ2n) is 9.38. The number of para-hydroxylation sites is 1. The van der Waals surface area contributed by atoms with E-state index in [1.807, 2.05) is 0 Å². The number of methoxy groups -OCH3 is 1. The lowest BCUT2D eigenvalue weighted by Crippen LogP contribution is -2.48. The van der Waals surface area contributed by atoms with Gasteiger partial charge in [-0.15, -0.1) is 0 Å². The summed E-state index contributed by atoms with van der Waals surface area (Å²) in [6.45, 7) is 3.31. The molecule has 0 bridgehead atoms. The van der Waals surface area contributed by atoms with Crippen LogP contribution in [0, 0.1) is 5.92 Å². The normalized spacial score (nSPS) is 15.9. The van der Waals surface area contributed by atoms with Gasteiger partial charge in [0.2, 0.25) is 5.91 Å². The molecule has 2 aliphatic rings. The highest BCUT2D eigenvalue weighted by Crippen LogP contribution is 2.38. The number of aromatic nitrogens is 3. The Balaban J connectivity index is 1.44. The average molecular weight is 556 g/mol. The number of aliphatic hydroxyl groups is 3. The number of hydrogen-bond donors (Lipinski definition) is 6. The number of amides is 2. The fraction of sp³-hybridized carbons (Fsp3) is 0.400. The van der Waals surface area contributed by atoms with Crippen LogP contribution in [0.2, 0.25) is 0 Å². The monoisotopic (exact) mass is 555 g/mol. The molecule has 3 aromatic rings. The third-order valence-electron chi connectivity index (χ3n) is 6.28. The van der Waals surface area contributed by atoms with Crippen molar-refractivity contribution in [2.75, 3.05) is 44.0 Å². The summed E-state index contributed by atoms with van der Waals surface area (Å²) in [7, 11) is 1.45. The molecule has 2 aromatic heterocycles. The van der Waals surface area contributed by atoms with E-state index in [-0.39, 0.29) is 34.8 Å². The molecular formula is C25H29N7O8. The van der Waals surface area contributed by atoms with Gasteiger partial charge in [-0.2, -0.15) is 4.98 Å². The van der Waals surface area contributed by atoms with Crippen molar-refractivity contribution in [2.45, 2.75) is 25.5 Å². The Labute approximate surface area is 228 Å². The van der Waals surface area contributed by atoms with Crippen LogP contribution in [0.25, 0.3) is 11.5 Å². The zero-order valence-electron chi connectivity index (χ0n) is 21.6. The topological polar surface area (TPSA) is 204 Å². The highest BCUT2D eigenvalue weighted by molar-refractivity contribution is 6.02.